The molecule has 2 fully saturated rings. The van der Waals surface area contributed by atoms with E-state index in [0.29, 0.717) is 18.7 Å². The van der Waals surface area contributed by atoms with Crippen molar-refractivity contribution in [3.8, 4) is 0 Å². The standard InChI is InChI=1S/C16H21N3O3/c20-11-12-3-5-13(6-4-12)15(21)18-8-1-2-14(10-18)19-9-7-17-16(19)22/h3-6,14,20H,1-2,7-11H2,(H,17,22). The largest absolute Gasteiger partial charge is 0.392 e. The van der Waals surface area contributed by atoms with Gasteiger partial charge >= 0.3 is 6.03 Å². The third kappa shape index (κ3) is 2.92. The first-order chi connectivity index (χ1) is 10.7. The fourth-order valence-corrected chi connectivity index (χ4v) is 3.16. The van der Waals surface area contributed by atoms with E-state index < -0.39 is 0 Å². The summed E-state index contributed by atoms with van der Waals surface area (Å²) in [5, 5.41) is 11.9. The SMILES string of the molecule is O=C(c1ccc(CO)cc1)N1CCCC(N2CCNC2=O)C1. The van der Waals surface area contributed by atoms with E-state index in [-0.39, 0.29) is 24.6 Å². The van der Waals surface area contributed by atoms with Gasteiger partial charge in [0, 0.05) is 31.7 Å². The molecule has 2 N–H and O–H groups in total. The molecule has 2 saturated heterocycles. The number of aliphatic hydroxyl groups excluding tert-OH is 1. The highest BCUT2D eigenvalue weighted by atomic mass is 16.3. The molecule has 0 aromatic heterocycles. The van der Waals surface area contributed by atoms with Crippen molar-refractivity contribution >= 4 is 11.9 Å². The lowest BCUT2D eigenvalue weighted by Crippen LogP contribution is -2.50. The summed E-state index contributed by atoms with van der Waals surface area (Å²) in [5.41, 5.74) is 1.42. The van der Waals surface area contributed by atoms with Gasteiger partial charge in [0.05, 0.1) is 12.6 Å². The number of hydrogen-bond acceptors (Lipinski definition) is 3. The van der Waals surface area contributed by atoms with Crippen molar-refractivity contribution in [1.82, 2.24) is 15.1 Å². The maximum absolute atomic E-state index is 12.6. The van der Waals surface area contributed by atoms with Crippen molar-refractivity contribution in [3.63, 3.8) is 0 Å². The fourth-order valence-electron chi connectivity index (χ4n) is 3.16. The number of carbonyl (C=O) groups is 2. The molecule has 1 aromatic carbocycles. The highest BCUT2D eigenvalue weighted by molar-refractivity contribution is 5.94. The van der Waals surface area contributed by atoms with Crippen LogP contribution >= 0.6 is 0 Å². The number of nitrogens with one attached hydrogen (secondary N) is 1. The summed E-state index contributed by atoms with van der Waals surface area (Å²) in [6.45, 7) is 2.70. The van der Waals surface area contributed by atoms with Crippen molar-refractivity contribution in [2.45, 2.75) is 25.5 Å². The summed E-state index contributed by atoms with van der Waals surface area (Å²) in [7, 11) is 0. The molecule has 1 unspecified atom stereocenters. The first-order valence-electron chi connectivity index (χ1n) is 7.72. The van der Waals surface area contributed by atoms with Crippen LogP contribution in [0.3, 0.4) is 0 Å². The topological polar surface area (TPSA) is 72.9 Å². The Hall–Kier alpha value is -2.08. The molecule has 0 aliphatic carbocycles. The zero-order valence-electron chi connectivity index (χ0n) is 12.5. The Morgan fingerprint density at radius 2 is 2.05 bits per heavy atom. The van der Waals surface area contributed by atoms with Crippen LogP contribution in [0.1, 0.15) is 28.8 Å². The molecular formula is C16H21N3O3. The van der Waals surface area contributed by atoms with Crippen LogP contribution in [0, 0.1) is 0 Å². The Balaban J connectivity index is 1.68. The van der Waals surface area contributed by atoms with Gasteiger partial charge in [-0.3, -0.25) is 4.79 Å². The van der Waals surface area contributed by atoms with Gasteiger partial charge in [0.1, 0.15) is 0 Å². The maximum atomic E-state index is 12.6. The Kier molecular flexibility index (Phi) is 4.29. The van der Waals surface area contributed by atoms with Crippen molar-refractivity contribution in [1.29, 1.82) is 0 Å². The van der Waals surface area contributed by atoms with Crippen molar-refractivity contribution in [3.05, 3.63) is 35.4 Å². The van der Waals surface area contributed by atoms with E-state index in [9.17, 15) is 9.59 Å². The van der Waals surface area contributed by atoms with Crippen LogP contribution in [0.2, 0.25) is 0 Å². The van der Waals surface area contributed by atoms with Crippen LogP contribution in [0.5, 0.6) is 0 Å². The summed E-state index contributed by atoms with van der Waals surface area (Å²) in [6, 6.07) is 7.12. The summed E-state index contributed by atoms with van der Waals surface area (Å²) >= 11 is 0. The molecule has 2 aliphatic rings. The van der Waals surface area contributed by atoms with Gasteiger partial charge in [0.25, 0.3) is 5.91 Å². The number of rotatable bonds is 3. The third-order valence-electron chi connectivity index (χ3n) is 4.40. The zero-order valence-corrected chi connectivity index (χ0v) is 12.5. The van der Waals surface area contributed by atoms with Gasteiger partial charge in [-0.15, -0.1) is 0 Å². The van der Waals surface area contributed by atoms with Crippen LogP contribution in [0.25, 0.3) is 0 Å². The molecule has 3 amide bonds. The fraction of sp³-hybridized carbons (Fsp3) is 0.500. The van der Waals surface area contributed by atoms with Crippen LogP contribution in [0.15, 0.2) is 24.3 Å². The predicted molar refractivity (Wildman–Crippen MR) is 81.4 cm³/mol. The molecule has 6 nitrogen and oxygen atoms in total. The van der Waals surface area contributed by atoms with E-state index in [4.69, 9.17) is 5.11 Å². The average Bonchev–Trinajstić information content (AvgIpc) is 3.00. The molecular weight excluding hydrogens is 282 g/mol. The number of aliphatic hydroxyl groups is 1. The highest BCUT2D eigenvalue weighted by Crippen LogP contribution is 2.19. The Bertz CT molecular complexity index is 558. The summed E-state index contributed by atoms with van der Waals surface area (Å²) < 4.78 is 0. The van der Waals surface area contributed by atoms with E-state index in [1.807, 2.05) is 9.80 Å². The average molecular weight is 303 g/mol. The van der Waals surface area contributed by atoms with E-state index in [1.165, 1.54) is 0 Å². The van der Waals surface area contributed by atoms with Crippen LogP contribution in [-0.4, -0.2) is 59.1 Å². The van der Waals surface area contributed by atoms with E-state index in [1.54, 1.807) is 24.3 Å². The number of likely N-dealkylation sites (tertiary alicyclic amines) is 1. The number of carbonyl (C=O) groups excluding carboxylic acids is 2. The molecule has 6 heteroatoms. The lowest BCUT2D eigenvalue weighted by molar-refractivity contribution is 0.0634. The molecule has 118 valence electrons. The second-order valence-corrected chi connectivity index (χ2v) is 5.83. The molecule has 3 rings (SSSR count). The number of nitrogens with zero attached hydrogens (tertiary/aromatic N) is 2. The number of urea groups is 1. The molecule has 0 radical (unpaired) electrons. The summed E-state index contributed by atoms with van der Waals surface area (Å²) in [5.74, 6) is -0.00575. The van der Waals surface area contributed by atoms with Gasteiger partial charge in [0.2, 0.25) is 0 Å². The van der Waals surface area contributed by atoms with Crippen molar-refractivity contribution < 1.29 is 14.7 Å². The molecule has 0 bridgehead atoms. The molecule has 1 aromatic rings. The number of hydrogen-bond donors (Lipinski definition) is 2. The molecule has 0 spiro atoms. The predicted octanol–water partition coefficient (Wildman–Crippen LogP) is 0.809. The number of benzene rings is 1. The smallest absolute Gasteiger partial charge is 0.317 e. The normalized spacial score (nSPS) is 21.9. The highest BCUT2D eigenvalue weighted by Gasteiger charge is 2.32. The lowest BCUT2D eigenvalue weighted by atomic mass is 10.0. The first kappa shape index (κ1) is 14.8. The number of amides is 3. The van der Waals surface area contributed by atoms with Crippen LogP contribution < -0.4 is 5.32 Å². The maximum Gasteiger partial charge on any atom is 0.317 e. The zero-order chi connectivity index (χ0) is 15.5. The summed E-state index contributed by atoms with van der Waals surface area (Å²) in [4.78, 5) is 28.0. The van der Waals surface area contributed by atoms with E-state index in [0.717, 1.165) is 31.5 Å². The number of piperidine rings is 1. The van der Waals surface area contributed by atoms with Gasteiger partial charge in [-0.2, -0.15) is 0 Å². The monoisotopic (exact) mass is 303 g/mol. The molecule has 1 atom stereocenters. The minimum absolute atomic E-state index is 0.00575. The van der Waals surface area contributed by atoms with Gasteiger partial charge in [-0.25, -0.2) is 4.79 Å². The molecule has 2 aliphatic heterocycles. The Morgan fingerprint density at radius 3 is 2.68 bits per heavy atom. The quantitative estimate of drug-likeness (QED) is 0.868. The molecule has 0 saturated carbocycles. The first-order valence-corrected chi connectivity index (χ1v) is 7.72. The Morgan fingerprint density at radius 1 is 1.27 bits per heavy atom. The minimum atomic E-state index is -0.0235. The lowest BCUT2D eigenvalue weighted by Gasteiger charge is -2.37. The minimum Gasteiger partial charge on any atom is -0.392 e. The van der Waals surface area contributed by atoms with Crippen molar-refractivity contribution in [2.24, 2.45) is 0 Å². The van der Waals surface area contributed by atoms with E-state index >= 15 is 0 Å². The van der Waals surface area contributed by atoms with Crippen molar-refractivity contribution in [2.75, 3.05) is 26.2 Å². The third-order valence-corrected chi connectivity index (χ3v) is 4.40. The van der Waals surface area contributed by atoms with Gasteiger partial charge < -0.3 is 20.2 Å². The van der Waals surface area contributed by atoms with Gasteiger partial charge in [-0.05, 0) is 30.5 Å². The van der Waals surface area contributed by atoms with Crippen LogP contribution in [-0.2, 0) is 6.61 Å². The second kappa shape index (κ2) is 6.36. The Labute approximate surface area is 129 Å². The molecule has 2 heterocycles. The van der Waals surface area contributed by atoms with E-state index in [2.05, 4.69) is 5.32 Å². The van der Waals surface area contributed by atoms with Crippen LogP contribution in [0.4, 0.5) is 4.79 Å². The van der Waals surface area contributed by atoms with Gasteiger partial charge in [-0.1, -0.05) is 12.1 Å². The second-order valence-electron chi connectivity index (χ2n) is 5.83. The van der Waals surface area contributed by atoms with Gasteiger partial charge in [0.15, 0.2) is 0 Å². The molecule has 22 heavy (non-hydrogen) atoms. The summed E-state index contributed by atoms with van der Waals surface area (Å²) in [6.07, 6.45) is 1.86.